The molecule has 0 aliphatic heterocycles. The van der Waals surface area contributed by atoms with Gasteiger partial charge in [-0.25, -0.2) is 13.2 Å². The van der Waals surface area contributed by atoms with E-state index in [0.29, 0.717) is 98.5 Å². The lowest BCUT2D eigenvalue weighted by molar-refractivity contribution is -0.135. The number of carbonyl (C=O) groups is 5. The quantitative estimate of drug-likeness (QED) is 0.0129. The number of amides is 4. The lowest BCUT2D eigenvalue weighted by atomic mass is 9.82. The third-order valence-electron chi connectivity index (χ3n) is 11.6. The van der Waals surface area contributed by atoms with Crippen molar-refractivity contribution in [1.29, 1.82) is 0 Å². The van der Waals surface area contributed by atoms with Gasteiger partial charge >= 0.3 is 5.97 Å². The Labute approximate surface area is 463 Å². The van der Waals surface area contributed by atoms with Gasteiger partial charge in [0.05, 0.1) is 99.1 Å². The monoisotopic (exact) mass is 1130 g/mol. The molecule has 0 fully saturated rings. The Hall–Kier alpha value is -5.39. The standard InChI is InChI=1S/C56H84F4N4O15/c1-5-27-70-33-39-76-42-36-73-30-24-61-46(65)18-21-56(22-19-47(66)62-25-31-74-37-43-77-40-34-71-28-6-2,23-20-48(67)63-26-32-75-38-44-78-41-35-72-29-7-3)64-49(68)16-14-12-10-8-9-11-13-15-17-50(69)79-55-45(4)51(57)52(58)53(59)54(55)60/h1-3H,8-44H2,4H3,(H,61,65)(H,62,66)(H,63,67)(H,64,68). The summed E-state index contributed by atoms with van der Waals surface area (Å²) in [5, 5.41) is 11.6. The predicted molar refractivity (Wildman–Crippen MR) is 284 cm³/mol. The molecule has 0 atom stereocenters. The summed E-state index contributed by atoms with van der Waals surface area (Å²) in [6.07, 6.45) is 21.2. The summed E-state index contributed by atoms with van der Waals surface area (Å²) in [6.45, 7) is 6.85. The number of rotatable bonds is 52. The minimum atomic E-state index is -2.06. The van der Waals surface area contributed by atoms with Gasteiger partial charge in [-0.05, 0) is 39.0 Å². The molecule has 79 heavy (non-hydrogen) atoms. The molecule has 0 aliphatic rings. The fraction of sp³-hybridized carbons (Fsp3) is 0.696. The minimum absolute atomic E-state index is 0.0319. The number of benzene rings is 1. The molecule has 0 saturated heterocycles. The van der Waals surface area contributed by atoms with E-state index < -0.39 is 46.1 Å². The number of esters is 1. The van der Waals surface area contributed by atoms with Gasteiger partial charge in [0.1, 0.15) is 19.8 Å². The van der Waals surface area contributed by atoms with Gasteiger partial charge in [0.15, 0.2) is 17.4 Å². The van der Waals surface area contributed by atoms with Crippen LogP contribution in [0.1, 0.15) is 108 Å². The SMILES string of the molecule is C#CCOCCOCCOCCNC(=O)CCC(CCC(=O)NCCOCCOCCOCC#C)(CCC(=O)NCCOCCOCCOCC#C)NC(=O)CCCCCCCCCCC(=O)Oc1c(C)c(F)c(F)c(F)c1F. The highest BCUT2D eigenvalue weighted by Crippen LogP contribution is 2.30. The van der Waals surface area contributed by atoms with E-state index in [1.165, 1.54) is 0 Å². The van der Waals surface area contributed by atoms with E-state index in [4.69, 9.17) is 66.6 Å². The van der Waals surface area contributed by atoms with Crippen molar-refractivity contribution in [2.75, 3.05) is 139 Å². The molecule has 4 amide bonds. The van der Waals surface area contributed by atoms with E-state index in [-0.39, 0.29) is 134 Å². The van der Waals surface area contributed by atoms with Crippen molar-refractivity contribution in [3.63, 3.8) is 0 Å². The number of hydrogen-bond acceptors (Lipinski definition) is 15. The Kier molecular flexibility index (Phi) is 44.0. The molecule has 0 radical (unpaired) electrons. The molecule has 4 N–H and O–H groups in total. The van der Waals surface area contributed by atoms with Crippen LogP contribution in [0.3, 0.4) is 0 Å². The van der Waals surface area contributed by atoms with Crippen LogP contribution in [0.2, 0.25) is 0 Å². The topological polar surface area (TPSA) is 226 Å². The third-order valence-corrected chi connectivity index (χ3v) is 11.6. The number of ether oxygens (including phenoxy) is 10. The Morgan fingerprint density at radius 1 is 0.405 bits per heavy atom. The van der Waals surface area contributed by atoms with Crippen LogP contribution in [-0.4, -0.2) is 174 Å². The predicted octanol–water partition coefficient (Wildman–Crippen LogP) is 4.95. The zero-order chi connectivity index (χ0) is 58.0. The summed E-state index contributed by atoms with van der Waals surface area (Å²) in [5.41, 5.74) is -1.78. The maximum Gasteiger partial charge on any atom is 0.311 e. The van der Waals surface area contributed by atoms with Gasteiger partial charge in [0.2, 0.25) is 35.3 Å². The van der Waals surface area contributed by atoms with Crippen molar-refractivity contribution in [3.8, 4) is 42.8 Å². The summed E-state index contributed by atoms with van der Waals surface area (Å²) in [6, 6.07) is 0. The van der Waals surface area contributed by atoms with Crippen molar-refractivity contribution < 1.29 is 88.9 Å². The zero-order valence-electron chi connectivity index (χ0n) is 46.0. The van der Waals surface area contributed by atoms with Gasteiger partial charge in [-0.1, -0.05) is 56.3 Å². The van der Waals surface area contributed by atoms with Crippen LogP contribution in [0, 0.1) is 67.2 Å². The first-order valence-corrected chi connectivity index (χ1v) is 26.9. The third kappa shape index (κ3) is 38.0. The molecule has 0 heterocycles. The largest absolute Gasteiger partial charge is 0.423 e. The molecular weight excluding hydrogens is 1040 g/mol. The summed E-state index contributed by atoms with van der Waals surface area (Å²) in [7, 11) is 0. The molecule has 0 unspecified atom stereocenters. The fourth-order valence-electron chi connectivity index (χ4n) is 7.37. The number of nitrogens with one attached hydrogen (secondary N) is 4. The highest BCUT2D eigenvalue weighted by molar-refractivity contribution is 5.80. The first-order valence-electron chi connectivity index (χ1n) is 26.9. The zero-order valence-corrected chi connectivity index (χ0v) is 46.0. The molecule has 446 valence electrons. The van der Waals surface area contributed by atoms with E-state index in [1.807, 2.05) is 0 Å². The molecule has 1 rings (SSSR count). The maximum atomic E-state index is 14.1. The Bertz CT molecular complexity index is 1840. The Morgan fingerprint density at radius 3 is 1.09 bits per heavy atom. The van der Waals surface area contributed by atoms with Crippen LogP contribution in [0.5, 0.6) is 5.75 Å². The lowest BCUT2D eigenvalue weighted by Gasteiger charge is -2.35. The number of carbonyl (C=O) groups excluding carboxylic acids is 5. The van der Waals surface area contributed by atoms with Gasteiger partial charge in [-0.15, -0.1) is 19.3 Å². The van der Waals surface area contributed by atoms with Gasteiger partial charge in [-0.3, -0.25) is 24.0 Å². The van der Waals surface area contributed by atoms with Crippen LogP contribution in [0.4, 0.5) is 17.6 Å². The van der Waals surface area contributed by atoms with E-state index in [2.05, 4.69) is 39.0 Å². The highest BCUT2D eigenvalue weighted by Gasteiger charge is 2.34. The maximum absolute atomic E-state index is 14.1. The Morgan fingerprint density at radius 2 is 0.722 bits per heavy atom. The second-order valence-corrected chi connectivity index (χ2v) is 17.8. The van der Waals surface area contributed by atoms with E-state index in [0.717, 1.165) is 39.0 Å². The average Bonchev–Trinajstić information content (AvgIpc) is 3.45. The first kappa shape index (κ1) is 71.6. The van der Waals surface area contributed by atoms with Crippen LogP contribution in [-0.2, 0) is 66.6 Å². The van der Waals surface area contributed by atoms with Crippen LogP contribution >= 0.6 is 0 Å². The van der Waals surface area contributed by atoms with Crippen LogP contribution in [0.25, 0.3) is 0 Å². The molecule has 1 aromatic carbocycles. The molecule has 0 saturated carbocycles. The number of unbranched alkanes of at least 4 members (excludes halogenated alkanes) is 7. The molecule has 0 bridgehead atoms. The van der Waals surface area contributed by atoms with E-state index in [1.54, 1.807) is 0 Å². The van der Waals surface area contributed by atoms with E-state index >= 15 is 0 Å². The van der Waals surface area contributed by atoms with Gasteiger partial charge in [-0.2, -0.15) is 4.39 Å². The molecule has 0 aromatic heterocycles. The van der Waals surface area contributed by atoms with Crippen molar-refractivity contribution >= 4 is 29.6 Å². The van der Waals surface area contributed by atoms with Gasteiger partial charge in [0.25, 0.3) is 0 Å². The molecule has 23 heteroatoms. The molecule has 0 aliphatic carbocycles. The second kappa shape index (κ2) is 48.5. The van der Waals surface area contributed by atoms with Crippen LogP contribution in [0.15, 0.2) is 0 Å². The van der Waals surface area contributed by atoms with Gasteiger partial charge in [0, 0.05) is 62.8 Å². The van der Waals surface area contributed by atoms with Crippen molar-refractivity contribution in [3.05, 3.63) is 28.8 Å². The van der Waals surface area contributed by atoms with Crippen molar-refractivity contribution in [2.24, 2.45) is 0 Å². The molecule has 19 nitrogen and oxygen atoms in total. The molecule has 1 aromatic rings. The summed E-state index contributed by atoms with van der Waals surface area (Å²) < 4.78 is 108. The number of hydrogen-bond donors (Lipinski definition) is 4. The fourth-order valence-corrected chi connectivity index (χ4v) is 7.37. The number of terminal acetylenes is 3. The Balaban J connectivity index is 2.87. The normalized spacial score (nSPS) is 11.1. The summed E-state index contributed by atoms with van der Waals surface area (Å²) >= 11 is 0. The van der Waals surface area contributed by atoms with Crippen LogP contribution < -0.4 is 26.0 Å². The summed E-state index contributed by atoms with van der Waals surface area (Å²) in [5.74, 6) is -3.44. The second-order valence-electron chi connectivity index (χ2n) is 17.8. The van der Waals surface area contributed by atoms with E-state index in [9.17, 15) is 41.5 Å². The van der Waals surface area contributed by atoms with Gasteiger partial charge < -0.3 is 68.6 Å². The minimum Gasteiger partial charge on any atom is -0.423 e. The molecular formula is C56H84F4N4O15. The van der Waals surface area contributed by atoms with Crippen molar-refractivity contribution in [1.82, 2.24) is 21.3 Å². The first-order chi connectivity index (χ1) is 38.3. The highest BCUT2D eigenvalue weighted by atomic mass is 19.2. The van der Waals surface area contributed by atoms with Crippen molar-refractivity contribution in [2.45, 2.75) is 115 Å². The smallest absolute Gasteiger partial charge is 0.311 e. The average molecular weight is 1130 g/mol. The lowest BCUT2D eigenvalue weighted by Crippen LogP contribution is -2.50. The summed E-state index contributed by atoms with van der Waals surface area (Å²) in [4.78, 5) is 65.7. The molecule has 0 spiro atoms. The number of halogens is 4.